The lowest BCUT2D eigenvalue weighted by molar-refractivity contribution is 0.392. The Balaban J connectivity index is 2.12. The zero-order chi connectivity index (χ0) is 15.9. The smallest absolute Gasteiger partial charge is 0.330 e. The second-order valence-electron chi connectivity index (χ2n) is 4.99. The van der Waals surface area contributed by atoms with Crippen molar-refractivity contribution in [1.82, 2.24) is 4.72 Å². The first-order valence-electron chi connectivity index (χ1n) is 6.50. The van der Waals surface area contributed by atoms with Crippen molar-refractivity contribution in [3.8, 4) is 16.9 Å². The first-order valence-corrected chi connectivity index (χ1v) is 7.94. The molecule has 22 heavy (non-hydrogen) atoms. The monoisotopic (exact) mass is 318 g/mol. The molecular weight excluding hydrogens is 304 g/mol. The summed E-state index contributed by atoms with van der Waals surface area (Å²) in [6.45, 7) is 1.96. The van der Waals surface area contributed by atoms with Gasteiger partial charge in [0.2, 0.25) is 5.88 Å². The zero-order valence-corrected chi connectivity index (χ0v) is 12.5. The van der Waals surface area contributed by atoms with Crippen molar-refractivity contribution in [3.05, 3.63) is 60.1 Å². The molecule has 7 heteroatoms. The van der Waals surface area contributed by atoms with Crippen LogP contribution in [-0.2, 0) is 10.2 Å². The van der Waals surface area contributed by atoms with E-state index in [1.165, 1.54) is 6.07 Å². The van der Waals surface area contributed by atoms with Crippen LogP contribution in [0.15, 0.2) is 54.5 Å². The Morgan fingerprint density at radius 1 is 1.05 bits per heavy atom. The Bertz CT molecular complexity index is 875. The first-order chi connectivity index (χ1) is 10.4. The van der Waals surface area contributed by atoms with Crippen molar-refractivity contribution in [2.24, 2.45) is 0 Å². The van der Waals surface area contributed by atoms with Gasteiger partial charge in [0.05, 0.1) is 6.20 Å². The minimum absolute atomic E-state index is 0.0653. The van der Waals surface area contributed by atoms with Gasteiger partial charge in [0, 0.05) is 0 Å². The molecule has 0 aliphatic carbocycles. The Morgan fingerprint density at radius 3 is 2.41 bits per heavy atom. The summed E-state index contributed by atoms with van der Waals surface area (Å²) in [5, 5.41) is 19.3. The van der Waals surface area contributed by atoms with Crippen LogP contribution in [0.1, 0.15) is 5.56 Å². The molecule has 1 aliphatic rings. The van der Waals surface area contributed by atoms with Crippen LogP contribution in [-0.4, -0.2) is 18.6 Å². The van der Waals surface area contributed by atoms with Crippen LogP contribution >= 0.6 is 0 Å². The molecule has 0 radical (unpaired) electrons. The van der Waals surface area contributed by atoms with Crippen molar-refractivity contribution in [1.29, 1.82) is 0 Å². The average Bonchev–Trinajstić information content (AvgIpc) is 2.72. The molecule has 1 aliphatic heterocycles. The lowest BCUT2D eigenvalue weighted by Gasteiger charge is -2.16. The molecule has 3 rings (SSSR count). The molecule has 0 fully saturated rings. The molecule has 2 aromatic carbocycles. The van der Waals surface area contributed by atoms with Crippen LogP contribution < -0.4 is 9.03 Å². The van der Waals surface area contributed by atoms with Gasteiger partial charge in [-0.05, 0) is 30.2 Å². The maximum Gasteiger partial charge on any atom is 0.330 e. The molecule has 0 amide bonds. The molecule has 0 aromatic heterocycles. The lowest BCUT2D eigenvalue weighted by atomic mass is 10.0. The summed E-state index contributed by atoms with van der Waals surface area (Å²) in [5.41, 5.74) is 2.79. The highest BCUT2D eigenvalue weighted by Gasteiger charge is 2.30. The van der Waals surface area contributed by atoms with Gasteiger partial charge in [0.1, 0.15) is 11.4 Å². The van der Waals surface area contributed by atoms with Gasteiger partial charge in [-0.2, -0.15) is 8.42 Å². The third-order valence-corrected chi connectivity index (χ3v) is 4.58. The van der Waals surface area contributed by atoms with Crippen LogP contribution in [0.2, 0.25) is 0 Å². The molecule has 0 bridgehead atoms. The zero-order valence-electron chi connectivity index (χ0n) is 11.7. The van der Waals surface area contributed by atoms with E-state index >= 15 is 0 Å². The quantitative estimate of drug-likeness (QED) is 0.793. The number of nitrogens with one attached hydrogen (secondary N) is 1. The van der Waals surface area contributed by atoms with E-state index in [4.69, 9.17) is 0 Å². The topological polar surface area (TPSA) is 89.9 Å². The fourth-order valence-electron chi connectivity index (χ4n) is 2.29. The maximum absolute atomic E-state index is 11.9. The molecule has 0 spiro atoms. The fraction of sp³-hybridized carbons (Fsp3) is 0.0667. The van der Waals surface area contributed by atoms with E-state index < -0.39 is 16.1 Å². The third-order valence-electron chi connectivity index (χ3n) is 3.30. The van der Waals surface area contributed by atoms with Crippen LogP contribution in [0.5, 0.6) is 5.75 Å². The fourth-order valence-corrected chi connectivity index (χ4v) is 3.35. The minimum atomic E-state index is -3.94. The van der Waals surface area contributed by atoms with E-state index in [1.54, 1.807) is 12.1 Å². The Hall–Kier alpha value is -2.67. The minimum Gasteiger partial charge on any atom is -0.506 e. The summed E-state index contributed by atoms with van der Waals surface area (Å²) < 4.78 is 26.6. The Labute approximate surface area is 128 Å². The van der Waals surface area contributed by atoms with Gasteiger partial charge >= 0.3 is 10.2 Å². The summed E-state index contributed by atoms with van der Waals surface area (Å²) in [7, 11) is -3.94. The van der Waals surface area contributed by atoms with Crippen LogP contribution in [0, 0.1) is 6.92 Å². The van der Waals surface area contributed by atoms with Gasteiger partial charge in [-0.15, -0.1) is 0 Å². The molecule has 6 nitrogen and oxygen atoms in total. The maximum atomic E-state index is 11.9. The van der Waals surface area contributed by atoms with Gasteiger partial charge in [-0.25, -0.2) is 9.03 Å². The number of benzene rings is 2. The predicted octanol–water partition coefficient (Wildman–Crippen LogP) is 2.38. The van der Waals surface area contributed by atoms with Gasteiger partial charge < -0.3 is 10.2 Å². The summed E-state index contributed by atoms with van der Waals surface area (Å²) in [4.78, 5) is 0. The van der Waals surface area contributed by atoms with E-state index in [-0.39, 0.29) is 11.4 Å². The molecule has 0 atom stereocenters. The number of phenols is 1. The molecule has 1 heterocycles. The highest BCUT2D eigenvalue weighted by molar-refractivity contribution is 7.91. The van der Waals surface area contributed by atoms with E-state index in [1.807, 2.05) is 35.9 Å². The highest BCUT2D eigenvalue weighted by atomic mass is 32.2. The van der Waals surface area contributed by atoms with E-state index in [0.29, 0.717) is 0 Å². The van der Waals surface area contributed by atoms with Crippen LogP contribution in [0.4, 0.5) is 5.69 Å². The Kier molecular flexibility index (Phi) is 3.22. The number of aromatic hydroxyl groups is 1. The van der Waals surface area contributed by atoms with E-state index in [2.05, 4.69) is 0 Å². The number of aryl methyl sites for hydroxylation is 1. The van der Waals surface area contributed by atoms with Crippen molar-refractivity contribution < 1.29 is 18.6 Å². The van der Waals surface area contributed by atoms with Crippen molar-refractivity contribution in [3.63, 3.8) is 0 Å². The van der Waals surface area contributed by atoms with Crippen LogP contribution in [0.25, 0.3) is 11.1 Å². The summed E-state index contributed by atoms with van der Waals surface area (Å²) in [5.74, 6) is -0.701. The normalized spacial score (nSPS) is 16.2. The third kappa shape index (κ3) is 2.46. The number of hydrogen-bond acceptors (Lipinski definition) is 4. The Morgan fingerprint density at radius 2 is 1.77 bits per heavy atom. The molecule has 3 N–H and O–H groups in total. The molecule has 2 aromatic rings. The van der Waals surface area contributed by atoms with Crippen molar-refractivity contribution in [2.45, 2.75) is 6.92 Å². The number of hydrogen-bond donors (Lipinski definition) is 3. The number of nitrogens with zero attached hydrogens (tertiary/aromatic N) is 1. The van der Waals surface area contributed by atoms with Crippen molar-refractivity contribution in [2.75, 3.05) is 4.31 Å². The lowest BCUT2D eigenvalue weighted by Crippen LogP contribution is -2.29. The molecule has 0 saturated heterocycles. The second kappa shape index (κ2) is 4.96. The molecule has 114 valence electrons. The van der Waals surface area contributed by atoms with Gasteiger partial charge in [0.15, 0.2) is 0 Å². The number of aliphatic hydroxyl groups excluding tert-OH is 1. The first kappa shape index (κ1) is 14.3. The summed E-state index contributed by atoms with van der Waals surface area (Å²) in [6, 6.07) is 12.4. The number of anilines is 1. The molecule has 0 saturated carbocycles. The van der Waals surface area contributed by atoms with E-state index in [9.17, 15) is 18.6 Å². The predicted molar refractivity (Wildman–Crippen MR) is 83.5 cm³/mol. The summed E-state index contributed by atoms with van der Waals surface area (Å²) >= 11 is 0. The standard InChI is InChI=1S/C15H14N2O4S/c1-10-3-2-4-11(7-10)12-5-6-14(18)13(8-12)17-9-15(19)16-22(17,20)21/h2-9,16,18-19H,1H3. The van der Waals surface area contributed by atoms with Crippen molar-refractivity contribution >= 4 is 15.9 Å². The largest absolute Gasteiger partial charge is 0.506 e. The molecular formula is C15H14N2O4S. The second-order valence-corrected chi connectivity index (χ2v) is 6.54. The summed E-state index contributed by atoms with van der Waals surface area (Å²) in [6.07, 6.45) is 1.00. The van der Waals surface area contributed by atoms with E-state index in [0.717, 1.165) is 27.2 Å². The number of aliphatic hydroxyl groups is 1. The average molecular weight is 318 g/mol. The molecule has 0 unspecified atom stereocenters. The van der Waals surface area contributed by atoms with Gasteiger partial charge in [-0.3, -0.25) is 0 Å². The number of rotatable bonds is 2. The SMILES string of the molecule is Cc1cccc(-c2ccc(O)c(N3C=C(O)NS3(=O)=O)c2)c1. The van der Waals surface area contributed by atoms with Gasteiger partial charge in [-0.1, -0.05) is 35.9 Å². The van der Waals surface area contributed by atoms with Gasteiger partial charge in [0.25, 0.3) is 0 Å². The van der Waals surface area contributed by atoms with Crippen LogP contribution in [0.3, 0.4) is 0 Å². The number of phenolic OH excluding ortho intramolecular Hbond substituents is 1. The highest BCUT2D eigenvalue weighted by Crippen LogP contribution is 2.35.